The maximum absolute atomic E-state index is 12.9. The minimum atomic E-state index is -1.24. The van der Waals surface area contributed by atoms with E-state index >= 15 is 0 Å². The van der Waals surface area contributed by atoms with E-state index < -0.39 is 17.5 Å². The summed E-state index contributed by atoms with van der Waals surface area (Å²) in [6.07, 6.45) is 7.22. The largest absolute Gasteiger partial charge is 0.396 e. The summed E-state index contributed by atoms with van der Waals surface area (Å²) >= 11 is 1.00. The van der Waals surface area contributed by atoms with Gasteiger partial charge in [-0.2, -0.15) is 0 Å². The van der Waals surface area contributed by atoms with Gasteiger partial charge in [-0.15, -0.1) is 0 Å². The number of H-pyrrole nitrogens is 1. The molecule has 2 aliphatic rings. The minimum Gasteiger partial charge on any atom is -0.396 e. The number of primary amides is 1. The molecule has 0 saturated heterocycles. The van der Waals surface area contributed by atoms with Crippen molar-refractivity contribution in [1.29, 1.82) is 0 Å². The predicted octanol–water partition coefficient (Wildman–Crippen LogP) is 2.31. The Morgan fingerprint density at radius 1 is 1.39 bits per heavy atom. The van der Waals surface area contributed by atoms with Crippen LogP contribution < -0.4 is 10.5 Å². The van der Waals surface area contributed by atoms with Gasteiger partial charge >= 0.3 is 5.97 Å². The van der Waals surface area contributed by atoms with Crippen LogP contribution in [0.3, 0.4) is 0 Å². The number of aromatic nitrogens is 2. The molecule has 0 aromatic carbocycles. The molecule has 2 aromatic rings. The zero-order chi connectivity index (χ0) is 19.7. The van der Waals surface area contributed by atoms with Gasteiger partial charge in [-0.05, 0) is 37.3 Å². The van der Waals surface area contributed by atoms with Gasteiger partial charge in [0.2, 0.25) is 5.66 Å². The van der Waals surface area contributed by atoms with E-state index in [9.17, 15) is 9.59 Å². The Hall–Kier alpha value is -2.65. The van der Waals surface area contributed by atoms with Crippen molar-refractivity contribution >= 4 is 29.1 Å². The van der Waals surface area contributed by atoms with Gasteiger partial charge in [-0.25, -0.2) is 14.5 Å². The normalized spacial score (nSPS) is 20.7. The van der Waals surface area contributed by atoms with Crippen LogP contribution in [0, 0.1) is 0 Å². The predicted molar refractivity (Wildman–Crippen MR) is 106 cm³/mol. The molecule has 3 heterocycles. The summed E-state index contributed by atoms with van der Waals surface area (Å²) in [6.45, 7) is 1.93. The molecule has 1 unspecified atom stereocenters. The molecule has 1 atom stereocenters. The first-order chi connectivity index (χ1) is 13.5. The monoisotopic (exact) mass is 399 g/mol. The van der Waals surface area contributed by atoms with Gasteiger partial charge in [0.25, 0.3) is 11.1 Å². The molecule has 0 fully saturated rings. The van der Waals surface area contributed by atoms with E-state index in [1.54, 1.807) is 12.4 Å². The molecule has 8 nitrogen and oxygen atoms in total. The second-order valence-corrected chi connectivity index (χ2v) is 7.62. The van der Waals surface area contributed by atoms with Crippen molar-refractivity contribution < 1.29 is 14.3 Å². The maximum atomic E-state index is 12.9. The Morgan fingerprint density at radius 3 is 3.04 bits per heavy atom. The Bertz CT molecular complexity index is 970. The van der Waals surface area contributed by atoms with Crippen molar-refractivity contribution in [3.8, 4) is 11.3 Å². The number of pyridine rings is 1. The van der Waals surface area contributed by atoms with E-state index in [0.717, 1.165) is 53.7 Å². The smallest absolute Gasteiger partial charge is 0.347 e. The third-order valence-electron chi connectivity index (χ3n) is 4.97. The highest BCUT2D eigenvalue weighted by molar-refractivity contribution is 8.12. The first-order valence-electron chi connectivity index (χ1n) is 9.24. The van der Waals surface area contributed by atoms with Crippen molar-refractivity contribution in [2.24, 2.45) is 10.7 Å². The lowest BCUT2D eigenvalue weighted by Crippen LogP contribution is -2.49. The van der Waals surface area contributed by atoms with Gasteiger partial charge in [-0.3, -0.25) is 9.78 Å². The summed E-state index contributed by atoms with van der Waals surface area (Å²) in [5.74, 6) is -1.14. The van der Waals surface area contributed by atoms with E-state index in [2.05, 4.69) is 19.7 Å². The molecule has 1 aliphatic carbocycles. The number of carbonyl (C=O) groups is 2. The minimum absolute atomic E-state index is 0.0852. The molecule has 4 rings (SSSR count). The first kappa shape index (κ1) is 18.7. The number of nitrogens with two attached hydrogens (primary N) is 1. The second-order valence-electron chi connectivity index (χ2n) is 6.87. The number of aliphatic imine (C=N–C) groups is 1. The lowest BCUT2D eigenvalue weighted by atomic mass is 10.0. The van der Waals surface area contributed by atoms with Gasteiger partial charge in [0.1, 0.15) is 0 Å². The highest BCUT2D eigenvalue weighted by atomic mass is 32.2. The molecule has 0 radical (unpaired) electrons. The third kappa shape index (κ3) is 3.20. The molecule has 4 N–H and O–H groups in total. The second kappa shape index (κ2) is 7.40. The molecule has 1 amide bonds. The van der Waals surface area contributed by atoms with Crippen LogP contribution in [0.4, 0.5) is 0 Å². The van der Waals surface area contributed by atoms with Crippen molar-refractivity contribution in [2.75, 3.05) is 0 Å². The molecular formula is C19H21N5O3S. The highest BCUT2D eigenvalue weighted by Gasteiger charge is 2.42. The maximum Gasteiger partial charge on any atom is 0.347 e. The van der Waals surface area contributed by atoms with Crippen LogP contribution in [0.5, 0.6) is 0 Å². The fraction of sp³-hybridized carbons (Fsp3) is 0.368. The fourth-order valence-electron chi connectivity index (χ4n) is 3.62. The number of hydrogen-bond donors (Lipinski definition) is 3. The van der Waals surface area contributed by atoms with Crippen LogP contribution in [-0.4, -0.2) is 32.7 Å². The van der Waals surface area contributed by atoms with Gasteiger partial charge in [0.15, 0.2) is 0 Å². The number of nitrogens with zero attached hydrogens (tertiary/aromatic N) is 2. The van der Waals surface area contributed by atoms with Crippen molar-refractivity contribution in [1.82, 2.24) is 14.7 Å². The van der Waals surface area contributed by atoms with E-state index in [1.807, 2.05) is 19.1 Å². The van der Waals surface area contributed by atoms with Gasteiger partial charge < -0.3 is 15.5 Å². The van der Waals surface area contributed by atoms with E-state index in [-0.39, 0.29) is 5.23 Å². The van der Waals surface area contributed by atoms with E-state index in [0.29, 0.717) is 18.4 Å². The topological polar surface area (TPSA) is 122 Å². The average Bonchev–Trinajstić information content (AvgIpc) is 3.23. The summed E-state index contributed by atoms with van der Waals surface area (Å²) in [5.41, 5.74) is 8.34. The SMILES string of the molecule is CCCC1(C(N)=O)N=C(OC(=O)c2c[nH]c3c2-c2ncccc2CCC3)SN1. The first-order valence-corrected chi connectivity index (χ1v) is 10.1. The summed E-state index contributed by atoms with van der Waals surface area (Å²) in [7, 11) is 0. The molecule has 9 heteroatoms. The molecule has 0 saturated carbocycles. The number of aryl methyl sites for hydroxylation is 2. The Morgan fingerprint density at radius 2 is 2.25 bits per heavy atom. The standard InChI is InChI=1S/C19H21N5O3S/c1-2-8-19(17(20)26)23-18(28-24-19)27-16(25)12-10-22-13-7-3-5-11-6-4-9-21-15(11)14(12)13/h4,6,9-10,22,24H,2-3,5,7-8H2,1H3,(H2,20,26). The molecular weight excluding hydrogens is 378 g/mol. The number of esters is 1. The van der Waals surface area contributed by atoms with Crippen LogP contribution in [0.15, 0.2) is 29.5 Å². The van der Waals surface area contributed by atoms with Crippen LogP contribution in [0.25, 0.3) is 11.3 Å². The number of fused-ring (bicyclic) bond motifs is 3. The molecule has 28 heavy (non-hydrogen) atoms. The molecule has 0 bridgehead atoms. The lowest BCUT2D eigenvalue weighted by Gasteiger charge is -2.19. The number of nitrogens with one attached hydrogen (secondary N) is 2. The van der Waals surface area contributed by atoms with Crippen molar-refractivity contribution in [2.45, 2.75) is 44.7 Å². The number of rotatable bonds is 4. The third-order valence-corrected chi connectivity index (χ3v) is 5.76. The summed E-state index contributed by atoms with van der Waals surface area (Å²) in [6, 6.07) is 3.94. The van der Waals surface area contributed by atoms with Crippen LogP contribution in [0.1, 0.15) is 47.8 Å². The molecule has 0 spiro atoms. The van der Waals surface area contributed by atoms with Crippen LogP contribution in [-0.2, 0) is 22.4 Å². The number of aromatic amines is 1. The van der Waals surface area contributed by atoms with Crippen molar-refractivity contribution in [3.05, 3.63) is 41.3 Å². The van der Waals surface area contributed by atoms with Gasteiger partial charge in [0, 0.05) is 35.6 Å². The summed E-state index contributed by atoms with van der Waals surface area (Å²) in [5, 5.41) is 0.0852. The molecule has 146 valence electrons. The lowest BCUT2D eigenvalue weighted by molar-refractivity contribution is -0.123. The number of hydrogen-bond acceptors (Lipinski definition) is 7. The van der Waals surface area contributed by atoms with Gasteiger partial charge in [-0.1, -0.05) is 19.4 Å². The highest BCUT2D eigenvalue weighted by Crippen LogP contribution is 2.34. The van der Waals surface area contributed by atoms with Gasteiger partial charge in [0.05, 0.1) is 11.3 Å². The van der Waals surface area contributed by atoms with E-state index in [4.69, 9.17) is 10.5 Å². The van der Waals surface area contributed by atoms with Crippen LogP contribution >= 0.6 is 11.9 Å². The zero-order valence-corrected chi connectivity index (χ0v) is 16.3. The van der Waals surface area contributed by atoms with E-state index in [1.165, 1.54) is 0 Å². The average molecular weight is 399 g/mol. The Labute approximate surface area is 166 Å². The van der Waals surface area contributed by atoms with Crippen LogP contribution in [0.2, 0.25) is 0 Å². The summed E-state index contributed by atoms with van der Waals surface area (Å²) < 4.78 is 8.39. The number of amides is 1. The Balaban J connectivity index is 1.64. The quantitative estimate of drug-likeness (QED) is 0.536. The van der Waals surface area contributed by atoms with Crippen molar-refractivity contribution in [3.63, 3.8) is 0 Å². The molecule has 1 aliphatic heterocycles. The molecule has 2 aromatic heterocycles. The zero-order valence-electron chi connectivity index (χ0n) is 15.4. The fourth-order valence-corrected chi connectivity index (χ4v) is 4.44. The summed E-state index contributed by atoms with van der Waals surface area (Å²) in [4.78, 5) is 36.7. The Kier molecular flexibility index (Phi) is 4.94. The number of ether oxygens (including phenoxy) is 1. The number of carbonyl (C=O) groups excluding carboxylic acids is 2.